The van der Waals surface area contributed by atoms with Gasteiger partial charge in [0.05, 0.1) is 17.4 Å². The van der Waals surface area contributed by atoms with Crippen molar-refractivity contribution in [3.05, 3.63) is 88.5 Å². The summed E-state index contributed by atoms with van der Waals surface area (Å²) in [6, 6.07) is 17.0. The largest absolute Gasteiger partial charge is 0.504 e. The van der Waals surface area contributed by atoms with Crippen molar-refractivity contribution in [1.82, 2.24) is 4.98 Å². The summed E-state index contributed by atoms with van der Waals surface area (Å²) in [4.78, 5) is 17.0. The van der Waals surface area contributed by atoms with Gasteiger partial charge >= 0.3 is 0 Å². The molecule has 0 saturated heterocycles. The zero-order valence-corrected chi connectivity index (χ0v) is 17.5. The van der Waals surface area contributed by atoms with E-state index in [-0.39, 0.29) is 11.5 Å². The molecule has 0 saturated carbocycles. The van der Waals surface area contributed by atoms with Crippen LogP contribution in [0.4, 0.5) is 5.69 Å². The summed E-state index contributed by atoms with van der Waals surface area (Å²) in [6.07, 6.45) is 4.42. The molecule has 3 N–H and O–H groups in total. The van der Waals surface area contributed by atoms with Crippen molar-refractivity contribution in [3.8, 4) is 22.6 Å². The number of rotatable bonds is 4. The molecule has 4 rings (SSSR count). The van der Waals surface area contributed by atoms with Gasteiger partial charge in [0.1, 0.15) is 0 Å². The number of pyridine rings is 1. The number of amides is 1. The van der Waals surface area contributed by atoms with Gasteiger partial charge in [-0.05, 0) is 48.0 Å². The van der Waals surface area contributed by atoms with Gasteiger partial charge in [-0.3, -0.25) is 9.78 Å². The number of benzene rings is 3. The number of carbonyl (C=O) groups excluding carboxylic acids is 1. The highest BCUT2D eigenvalue weighted by molar-refractivity contribution is 6.34. The second kappa shape index (κ2) is 8.68. The van der Waals surface area contributed by atoms with Crippen molar-refractivity contribution in [2.45, 2.75) is 0 Å². The van der Waals surface area contributed by atoms with Gasteiger partial charge in [-0.25, -0.2) is 0 Å². The molecule has 31 heavy (non-hydrogen) atoms. The van der Waals surface area contributed by atoms with E-state index in [4.69, 9.17) is 23.2 Å². The van der Waals surface area contributed by atoms with Crippen LogP contribution in [0.5, 0.6) is 11.5 Å². The van der Waals surface area contributed by atoms with Crippen molar-refractivity contribution < 1.29 is 15.0 Å². The monoisotopic (exact) mass is 450 g/mol. The standard InChI is InChI=1S/C24H16Cl2N2O3/c25-15-7-8-19-17(12-15)24(16-3-1-2-4-18(16)26)20(13-27-19)28-23(31)10-6-14-5-9-21(29)22(30)11-14/h1-13,29-30H,(H,28,31). The summed E-state index contributed by atoms with van der Waals surface area (Å²) in [5, 5.41) is 23.7. The van der Waals surface area contributed by atoms with Crippen molar-refractivity contribution in [1.29, 1.82) is 0 Å². The Hall–Kier alpha value is -3.54. The van der Waals surface area contributed by atoms with Crippen LogP contribution in [0.15, 0.2) is 72.9 Å². The Bertz CT molecular complexity index is 1340. The van der Waals surface area contributed by atoms with Gasteiger partial charge in [0.25, 0.3) is 0 Å². The zero-order valence-electron chi connectivity index (χ0n) is 16.0. The molecule has 1 amide bonds. The van der Waals surface area contributed by atoms with E-state index in [1.54, 1.807) is 36.5 Å². The van der Waals surface area contributed by atoms with E-state index < -0.39 is 5.91 Å². The van der Waals surface area contributed by atoms with E-state index in [9.17, 15) is 15.0 Å². The minimum absolute atomic E-state index is 0.230. The molecule has 0 unspecified atom stereocenters. The Labute approximate surface area is 188 Å². The number of anilines is 1. The minimum Gasteiger partial charge on any atom is -0.504 e. The second-order valence-corrected chi connectivity index (χ2v) is 7.60. The summed E-state index contributed by atoms with van der Waals surface area (Å²) in [6.45, 7) is 0. The number of aromatic hydroxyl groups is 2. The molecule has 0 radical (unpaired) electrons. The first-order chi connectivity index (χ1) is 14.9. The number of hydrogen-bond donors (Lipinski definition) is 3. The lowest BCUT2D eigenvalue weighted by molar-refractivity contribution is -0.111. The molecule has 0 aliphatic carbocycles. The average Bonchev–Trinajstić information content (AvgIpc) is 2.75. The van der Waals surface area contributed by atoms with Crippen LogP contribution in [-0.2, 0) is 4.79 Å². The molecule has 0 aliphatic heterocycles. The number of fused-ring (bicyclic) bond motifs is 1. The first kappa shape index (κ1) is 20.7. The molecule has 0 aliphatic rings. The van der Waals surface area contributed by atoms with Crippen LogP contribution in [0.1, 0.15) is 5.56 Å². The maximum Gasteiger partial charge on any atom is 0.248 e. The molecule has 3 aromatic carbocycles. The van der Waals surface area contributed by atoms with Crippen LogP contribution < -0.4 is 5.32 Å². The number of phenolic OH excluding ortho intramolecular Hbond substituents is 2. The molecule has 0 spiro atoms. The number of aromatic nitrogens is 1. The van der Waals surface area contributed by atoms with E-state index in [0.717, 1.165) is 10.9 Å². The molecule has 5 nitrogen and oxygen atoms in total. The third-order valence-electron chi connectivity index (χ3n) is 4.66. The third-order valence-corrected chi connectivity index (χ3v) is 5.22. The number of nitrogens with one attached hydrogen (secondary N) is 1. The second-order valence-electron chi connectivity index (χ2n) is 6.76. The Morgan fingerprint density at radius 2 is 1.77 bits per heavy atom. The normalized spacial score (nSPS) is 11.2. The average molecular weight is 451 g/mol. The van der Waals surface area contributed by atoms with Gasteiger partial charge in [-0.1, -0.05) is 47.5 Å². The van der Waals surface area contributed by atoms with Gasteiger partial charge in [0.15, 0.2) is 11.5 Å². The molecule has 7 heteroatoms. The van der Waals surface area contributed by atoms with Crippen LogP contribution in [0, 0.1) is 0 Å². The number of halogens is 2. The van der Waals surface area contributed by atoms with Crippen LogP contribution in [-0.4, -0.2) is 21.1 Å². The van der Waals surface area contributed by atoms with Gasteiger partial charge in [-0.15, -0.1) is 0 Å². The molecule has 0 fully saturated rings. The highest BCUT2D eigenvalue weighted by atomic mass is 35.5. The van der Waals surface area contributed by atoms with Crippen molar-refractivity contribution >= 4 is 51.8 Å². The number of nitrogens with zero attached hydrogens (tertiary/aromatic N) is 1. The molecular formula is C24H16Cl2N2O3. The number of hydrogen-bond acceptors (Lipinski definition) is 4. The summed E-state index contributed by atoms with van der Waals surface area (Å²) >= 11 is 12.7. The molecule has 154 valence electrons. The third kappa shape index (κ3) is 4.48. The summed E-state index contributed by atoms with van der Waals surface area (Å²) < 4.78 is 0. The minimum atomic E-state index is -0.399. The lowest BCUT2D eigenvalue weighted by Gasteiger charge is -2.14. The fourth-order valence-electron chi connectivity index (χ4n) is 3.20. The molecule has 1 heterocycles. The predicted molar refractivity (Wildman–Crippen MR) is 125 cm³/mol. The van der Waals surface area contributed by atoms with Gasteiger partial charge < -0.3 is 15.5 Å². The van der Waals surface area contributed by atoms with Crippen LogP contribution >= 0.6 is 23.2 Å². The van der Waals surface area contributed by atoms with E-state index in [0.29, 0.717) is 32.4 Å². The van der Waals surface area contributed by atoms with Crippen LogP contribution in [0.25, 0.3) is 28.1 Å². The fraction of sp³-hybridized carbons (Fsp3) is 0. The quantitative estimate of drug-likeness (QED) is 0.252. The summed E-state index contributed by atoms with van der Waals surface area (Å²) in [5.41, 5.74) is 3.20. The SMILES string of the molecule is O=C(C=Cc1ccc(O)c(O)c1)Nc1cnc2ccc(Cl)cc2c1-c1ccccc1Cl. The molecule has 1 aromatic heterocycles. The van der Waals surface area contributed by atoms with Gasteiger partial charge in [0, 0.05) is 32.6 Å². The van der Waals surface area contributed by atoms with Crippen LogP contribution in [0.2, 0.25) is 10.0 Å². The maximum atomic E-state index is 12.6. The van der Waals surface area contributed by atoms with Crippen LogP contribution in [0.3, 0.4) is 0 Å². The Morgan fingerprint density at radius 1 is 0.968 bits per heavy atom. The first-order valence-corrected chi connectivity index (χ1v) is 10.0. The molecule has 0 bridgehead atoms. The summed E-state index contributed by atoms with van der Waals surface area (Å²) in [7, 11) is 0. The summed E-state index contributed by atoms with van der Waals surface area (Å²) in [5.74, 6) is -0.893. The van der Waals surface area contributed by atoms with E-state index in [1.165, 1.54) is 24.3 Å². The fourth-order valence-corrected chi connectivity index (χ4v) is 3.61. The Morgan fingerprint density at radius 3 is 2.55 bits per heavy atom. The highest BCUT2D eigenvalue weighted by Crippen LogP contribution is 2.39. The van der Waals surface area contributed by atoms with Crippen molar-refractivity contribution in [2.24, 2.45) is 0 Å². The van der Waals surface area contributed by atoms with Gasteiger partial charge in [0.2, 0.25) is 5.91 Å². The smallest absolute Gasteiger partial charge is 0.248 e. The Balaban J connectivity index is 1.74. The maximum absolute atomic E-state index is 12.6. The molecule has 4 aromatic rings. The topological polar surface area (TPSA) is 82.5 Å². The number of carbonyl (C=O) groups is 1. The molecular weight excluding hydrogens is 435 g/mol. The molecule has 0 atom stereocenters. The Kier molecular flexibility index (Phi) is 5.80. The first-order valence-electron chi connectivity index (χ1n) is 9.26. The van der Waals surface area contributed by atoms with Crippen molar-refractivity contribution in [2.75, 3.05) is 5.32 Å². The van der Waals surface area contributed by atoms with Crippen molar-refractivity contribution in [3.63, 3.8) is 0 Å². The lowest BCUT2D eigenvalue weighted by Crippen LogP contribution is -2.09. The lowest BCUT2D eigenvalue weighted by atomic mass is 9.99. The van der Waals surface area contributed by atoms with E-state index in [2.05, 4.69) is 10.3 Å². The zero-order chi connectivity index (χ0) is 22.0. The predicted octanol–water partition coefficient (Wildman–Crippen LogP) is 6.27. The van der Waals surface area contributed by atoms with E-state index >= 15 is 0 Å². The van der Waals surface area contributed by atoms with E-state index in [1.807, 2.05) is 18.2 Å². The highest BCUT2D eigenvalue weighted by Gasteiger charge is 2.15. The number of phenols is 2. The van der Waals surface area contributed by atoms with Gasteiger partial charge in [-0.2, -0.15) is 0 Å².